The molecule has 0 amide bonds. The van der Waals surface area contributed by atoms with Gasteiger partial charge in [-0.05, 0) is 62.6 Å². The molecule has 0 aromatic heterocycles. The second-order valence-corrected chi connectivity index (χ2v) is 9.47. The van der Waals surface area contributed by atoms with Crippen molar-refractivity contribution < 1.29 is 0 Å². The number of piperidine rings is 1. The molecular weight excluding hydrogens is 340 g/mol. The molecular formula is C21H34N4S. The van der Waals surface area contributed by atoms with Crippen LogP contribution >= 0.6 is 11.8 Å². The van der Waals surface area contributed by atoms with E-state index < -0.39 is 0 Å². The van der Waals surface area contributed by atoms with E-state index in [1.807, 2.05) is 7.05 Å². The van der Waals surface area contributed by atoms with Crippen LogP contribution in [0.4, 0.5) is 0 Å². The zero-order chi connectivity index (χ0) is 18.2. The molecule has 2 N–H and O–H groups in total. The van der Waals surface area contributed by atoms with E-state index in [0.29, 0.717) is 4.75 Å². The Kier molecular flexibility index (Phi) is 7.26. The van der Waals surface area contributed by atoms with Gasteiger partial charge in [-0.3, -0.25) is 9.89 Å². The van der Waals surface area contributed by atoms with Gasteiger partial charge >= 0.3 is 0 Å². The van der Waals surface area contributed by atoms with Crippen LogP contribution in [-0.2, 0) is 13.1 Å². The van der Waals surface area contributed by atoms with Gasteiger partial charge in [-0.15, -0.1) is 0 Å². The van der Waals surface area contributed by atoms with Crippen molar-refractivity contribution in [3.8, 4) is 0 Å². The van der Waals surface area contributed by atoms with E-state index in [1.165, 1.54) is 62.1 Å². The molecule has 2 aliphatic rings. The van der Waals surface area contributed by atoms with Crippen LogP contribution in [0.15, 0.2) is 29.3 Å². The van der Waals surface area contributed by atoms with E-state index in [9.17, 15) is 0 Å². The number of benzene rings is 1. The molecule has 2 saturated heterocycles. The molecule has 1 aromatic carbocycles. The maximum absolute atomic E-state index is 4.42. The summed E-state index contributed by atoms with van der Waals surface area (Å²) in [6, 6.07) is 8.82. The first-order valence-corrected chi connectivity index (χ1v) is 11.0. The monoisotopic (exact) mass is 374 g/mol. The Bertz CT molecular complexity index is 589. The zero-order valence-corrected chi connectivity index (χ0v) is 17.2. The fraction of sp³-hybridized carbons (Fsp3) is 0.667. The maximum Gasteiger partial charge on any atom is 0.191 e. The molecule has 2 aliphatic heterocycles. The van der Waals surface area contributed by atoms with Crippen molar-refractivity contribution in [2.75, 3.05) is 32.4 Å². The highest BCUT2D eigenvalue weighted by Gasteiger charge is 2.29. The zero-order valence-electron chi connectivity index (χ0n) is 16.4. The lowest BCUT2D eigenvalue weighted by molar-refractivity contribution is 0.220. The summed E-state index contributed by atoms with van der Waals surface area (Å²) in [5.74, 6) is 2.19. The van der Waals surface area contributed by atoms with Crippen LogP contribution in [0.3, 0.4) is 0 Å². The first kappa shape index (κ1) is 19.6. The lowest BCUT2D eigenvalue weighted by Gasteiger charge is -2.27. The first-order chi connectivity index (χ1) is 12.7. The Morgan fingerprint density at radius 2 is 1.88 bits per heavy atom. The molecule has 2 heterocycles. The van der Waals surface area contributed by atoms with Crippen LogP contribution in [0.1, 0.15) is 50.2 Å². The number of hydrogen-bond donors (Lipinski definition) is 2. The summed E-state index contributed by atoms with van der Waals surface area (Å²) in [5, 5.41) is 7.05. The van der Waals surface area contributed by atoms with E-state index in [0.717, 1.165) is 25.6 Å². The normalized spacial score (nSPS) is 24.6. The molecule has 1 unspecified atom stereocenters. The molecule has 1 aromatic rings. The minimum Gasteiger partial charge on any atom is -0.355 e. The van der Waals surface area contributed by atoms with Crippen molar-refractivity contribution in [2.24, 2.45) is 4.99 Å². The Balaban J connectivity index is 1.52. The van der Waals surface area contributed by atoms with Crippen LogP contribution in [0, 0.1) is 0 Å². The van der Waals surface area contributed by atoms with Crippen LogP contribution in [0.25, 0.3) is 0 Å². The number of guanidine groups is 1. The number of likely N-dealkylation sites (tertiary alicyclic amines) is 1. The summed E-state index contributed by atoms with van der Waals surface area (Å²) in [5.41, 5.74) is 2.82. The minimum atomic E-state index is 0.351. The number of rotatable bonds is 6. The van der Waals surface area contributed by atoms with Crippen molar-refractivity contribution >= 4 is 17.7 Å². The average Bonchev–Trinajstić information content (AvgIpc) is 3.11. The van der Waals surface area contributed by atoms with Gasteiger partial charge in [0, 0.05) is 31.4 Å². The highest BCUT2D eigenvalue weighted by molar-refractivity contribution is 8.00. The summed E-state index contributed by atoms with van der Waals surface area (Å²) in [6.45, 7) is 7.71. The predicted molar refractivity (Wildman–Crippen MR) is 114 cm³/mol. The summed E-state index contributed by atoms with van der Waals surface area (Å²) in [4.78, 5) is 7.01. The van der Waals surface area contributed by atoms with E-state index in [4.69, 9.17) is 0 Å². The van der Waals surface area contributed by atoms with Crippen LogP contribution in [0.2, 0.25) is 0 Å². The van der Waals surface area contributed by atoms with Gasteiger partial charge in [0.25, 0.3) is 0 Å². The summed E-state index contributed by atoms with van der Waals surface area (Å²) >= 11 is 2.08. The smallest absolute Gasteiger partial charge is 0.191 e. The maximum atomic E-state index is 4.42. The average molecular weight is 375 g/mol. The van der Waals surface area contributed by atoms with Gasteiger partial charge in [0.05, 0.1) is 0 Å². The fourth-order valence-electron chi connectivity index (χ4n) is 3.89. The second kappa shape index (κ2) is 9.65. The Labute approximate surface area is 163 Å². The molecule has 1 atom stereocenters. The van der Waals surface area contributed by atoms with E-state index in [-0.39, 0.29) is 0 Å². The first-order valence-electron chi connectivity index (χ1n) is 10.1. The number of thioether (sulfide) groups is 1. The number of nitrogens with one attached hydrogen (secondary N) is 2. The lowest BCUT2D eigenvalue weighted by Crippen LogP contribution is -2.43. The molecule has 0 saturated carbocycles. The molecule has 0 radical (unpaired) electrons. The van der Waals surface area contributed by atoms with Gasteiger partial charge < -0.3 is 10.6 Å². The Morgan fingerprint density at radius 3 is 2.58 bits per heavy atom. The summed E-state index contributed by atoms with van der Waals surface area (Å²) < 4.78 is 0.351. The van der Waals surface area contributed by atoms with Crippen molar-refractivity contribution in [3.05, 3.63) is 35.4 Å². The molecule has 4 nitrogen and oxygen atoms in total. The Hall–Kier alpha value is -1.20. The van der Waals surface area contributed by atoms with Crippen molar-refractivity contribution in [1.29, 1.82) is 0 Å². The second-order valence-electron chi connectivity index (χ2n) is 7.79. The highest BCUT2D eigenvalue weighted by atomic mass is 32.2. The van der Waals surface area contributed by atoms with Crippen LogP contribution in [0.5, 0.6) is 0 Å². The van der Waals surface area contributed by atoms with E-state index in [2.05, 4.69) is 63.5 Å². The highest BCUT2D eigenvalue weighted by Crippen LogP contribution is 2.36. The molecule has 0 aliphatic carbocycles. The van der Waals surface area contributed by atoms with Crippen LogP contribution in [-0.4, -0.2) is 48.0 Å². The van der Waals surface area contributed by atoms with E-state index in [1.54, 1.807) is 0 Å². The largest absolute Gasteiger partial charge is 0.355 e. The molecule has 3 rings (SSSR count). The third-order valence-electron chi connectivity index (χ3n) is 5.56. The molecule has 5 heteroatoms. The van der Waals surface area contributed by atoms with Crippen molar-refractivity contribution in [2.45, 2.75) is 56.9 Å². The molecule has 0 bridgehead atoms. The van der Waals surface area contributed by atoms with Crippen molar-refractivity contribution in [3.63, 3.8) is 0 Å². The topological polar surface area (TPSA) is 39.7 Å². The number of hydrogen-bond acceptors (Lipinski definition) is 3. The number of nitrogens with zero attached hydrogens (tertiary/aromatic N) is 2. The van der Waals surface area contributed by atoms with Crippen LogP contribution < -0.4 is 10.6 Å². The fourth-order valence-corrected chi connectivity index (χ4v) is 5.13. The van der Waals surface area contributed by atoms with Gasteiger partial charge in [0.1, 0.15) is 0 Å². The Morgan fingerprint density at radius 1 is 1.12 bits per heavy atom. The molecule has 2 fully saturated rings. The third-order valence-corrected chi connectivity index (χ3v) is 7.10. The van der Waals surface area contributed by atoms with Gasteiger partial charge in [0.2, 0.25) is 0 Å². The standard InChI is InChI=1S/C21H34N4S/c1-21(11-8-14-26-21)17-24-20(22-2)23-15-18-9-4-5-10-19(18)16-25-12-6-3-7-13-25/h4-5,9-10H,3,6-8,11-17H2,1-2H3,(H2,22,23,24). The van der Waals surface area contributed by atoms with Crippen molar-refractivity contribution in [1.82, 2.24) is 15.5 Å². The van der Waals surface area contributed by atoms with Gasteiger partial charge in [0.15, 0.2) is 5.96 Å². The quantitative estimate of drug-likeness (QED) is 0.589. The lowest BCUT2D eigenvalue weighted by atomic mass is 10.0. The molecule has 144 valence electrons. The van der Waals surface area contributed by atoms with Gasteiger partial charge in [-0.2, -0.15) is 11.8 Å². The predicted octanol–water partition coefficient (Wildman–Crippen LogP) is 3.62. The third kappa shape index (κ3) is 5.65. The number of aliphatic imine (C=N–C) groups is 1. The molecule has 0 spiro atoms. The molecule has 26 heavy (non-hydrogen) atoms. The summed E-state index contributed by atoms with van der Waals surface area (Å²) in [6.07, 6.45) is 6.69. The SMILES string of the molecule is CN=C(NCc1ccccc1CN1CCCCC1)NCC1(C)CCCS1. The van der Waals surface area contributed by atoms with Gasteiger partial charge in [-0.25, -0.2) is 0 Å². The summed E-state index contributed by atoms with van der Waals surface area (Å²) in [7, 11) is 1.86. The minimum absolute atomic E-state index is 0.351. The van der Waals surface area contributed by atoms with E-state index >= 15 is 0 Å². The van der Waals surface area contributed by atoms with Gasteiger partial charge in [-0.1, -0.05) is 30.7 Å².